The lowest BCUT2D eigenvalue weighted by Crippen LogP contribution is -2.35. The number of nitrogens with zero attached hydrogens (tertiary/aromatic N) is 1. The molecule has 0 aliphatic carbocycles. The summed E-state index contributed by atoms with van der Waals surface area (Å²) in [5, 5.41) is 6.45. The first-order valence-electron chi connectivity index (χ1n) is 8.43. The lowest BCUT2D eigenvalue weighted by atomic mass is 10.1. The topological polar surface area (TPSA) is 111 Å². The van der Waals surface area contributed by atoms with Crippen LogP contribution in [0.5, 0.6) is 0 Å². The number of aromatic nitrogens is 1. The summed E-state index contributed by atoms with van der Waals surface area (Å²) in [5.41, 5.74) is 0.750. The molecule has 140 valence electrons. The standard InChI is InChI=1S/C17H21N3O5S/c21-17(18-12-15-5-1-2-8-24-15)13-4-3-6-16(10-13)26(22,23)19-11-14-7-9-25-20-14/h3-4,6-7,9-10,15,19H,1-2,5,8,11-12H2,(H,18,21). The molecule has 1 atom stereocenters. The first kappa shape index (κ1) is 18.6. The molecular formula is C17H21N3O5S. The predicted octanol–water partition coefficient (Wildman–Crippen LogP) is 1.45. The fourth-order valence-electron chi connectivity index (χ4n) is 2.66. The quantitative estimate of drug-likeness (QED) is 0.753. The lowest BCUT2D eigenvalue weighted by molar-refractivity contribution is 0.0169. The van der Waals surface area contributed by atoms with E-state index in [9.17, 15) is 13.2 Å². The Labute approximate surface area is 152 Å². The molecule has 2 aromatic rings. The molecule has 1 fully saturated rings. The van der Waals surface area contributed by atoms with Crippen molar-refractivity contribution in [2.24, 2.45) is 0 Å². The van der Waals surface area contributed by atoms with Crippen molar-refractivity contribution in [2.75, 3.05) is 13.2 Å². The Bertz CT molecular complexity index is 830. The van der Waals surface area contributed by atoms with Gasteiger partial charge in [0.2, 0.25) is 10.0 Å². The zero-order valence-electron chi connectivity index (χ0n) is 14.2. The summed E-state index contributed by atoms with van der Waals surface area (Å²) in [4.78, 5) is 12.3. The third-order valence-electron chi connectivity index (χ3n) is 4.11. The van der Waals surface area contributed by atoms with Gasteiger partial charge in [-0.2, -0.15) is 0 Å². The number of benzene rings is 1. The smallest absolute Gasteiger partial charge is 0.251 e. The summed E-state index contributed by atoms with van der Waals surface area (Å²) in [7, 11) is -3.76. The van der Waals surface area contributed by atoms with Gasteiger partial charge < -0.3 is 14.6 Å². The van der Waals surface area contributed by atoms with Crippen molar-refractivity contribution in [2.45, 2.75) is 36.8 Å². The Kier molecular flexibility index (Phi) is 6.02. The van der Waals surface area contributed by atoms with Crippen LogP contribution in [0.25, 0.3) is 0 Å². The van der Waals surface area contributed by atoms with E-state index in [1.807, 2.05) is 0 Å². The third-order valence-corrected chi connectivity index (χ3v) is 5.50. The van der Waals surface area contributed by atoms with Crippen molar-refractivity contribution in [1.29, 1.82) is 0 Å². The second-order valence-corrected chi connectivity index (χ2v) is 7.81. The normalized spacial score (nSPS) is 17.8. The van der Waals surface area contributed by atoms with Gasteiger partial charge in [-0.1, -0.05) is 11.2 Å². The number of nitrogens with one attached hydrogen (secondary N) is 2. The molecule has 0 spiro atoms. The minimum absolute atomic E-state index is 0.00821. The van der Waals surface area contributed by atoms with Crippen LogP contribution in [-0.2, 0) is 21.3 Å². The second kappa shape index (κ2) is 8.43. The molecule has 9 heteroatoms. The molecule has 1 aliphatic rings. The number of amides is 1. The predicted molar refractivity (Wildman–Crippen MR) is 92.9 cm³/mol. The summed E-state index contributed by atoms with van der Waals surface area (Å²) in [6.07, 6.45) is 4.44. The van der Waals surface area contributed by atoms with Gasteiger partial charge in [0.1, 0.15) is 6.26 Å². The van der Waals surface area contributed by atoms with Gasteiger partial charge in [0.25, 0.3) is 5.91 Å². The number of sulfonamides is 1. The molecule has 1 unspecified atom stereocenters. The van der Waals surface area contributed by atoms with Gasteiger partial charge in [-0.05, 0) is 37.5 Å². The summed E-state index contributed by atoms with van der Waals surface area (Å²) in [5.74, 6) is -0.326. The summed E-state index contributed by atoms with van der Waals surface area (Å²) in [6, 6.07) is 7.47. The van der Waals surface area contributed by atoms with Gasteiger partial charge in [-0.3, -0.25) is 4.79 Å². The molecule has 1 aromatic carbocycles. The zero-order chi connectivity index (χ0) is 18.4. The summed E-state index contributed by atoms with van der Waals surface area (Å²) >= 11 is 0. The van der Waals surface area contributed by atoms with Crippen molar-refractivity contribution in [3.05, 3.63) is 47.9 Å². The third kappa shape index (κ3) is 4.90. The number of hydrogen-bond donors (Lipinski definition) is 2. The van der Waals surface area contributed by atoms with Crippen LogP contribution in [0.15, 0.2) is 46.0 Å². The monoisotopic (exact) mass is 379 g/mol. The Hall–Kier alpha value is -2.23. The molecule has 26 heavy (non-hydrogen) atoms. The first-order valence-corrected chi connectivity index (χ1v) is 9.92. The lowest BCUT2D eigenvalue weighted by Gasteiger charge is -2.22. The fourth-order valence-corrected chi connectivity index (χ4v) is 3.71. The van der Waals surface area contributed by atoms with E-state index in [4.69, 9.17) is 4.74 Å². The Morgan fingerprint density at radius 3 is 2.88 bits per heavy atom. The van der Waals surface area contributed by atoms with Crippen molar-refractivity contribution >= 4 is 15.9 Å². The number of rotatable bonds is 7. The van der Waals surface area contributed by atoms with Gasteiger partial charge in [0, 0.05) is 24.8 Å². The molecule has 1 aliphatic heterocycles. The number of carbonyl (C=O) groups excluding carboxylic acids is 1. The van der Waals surface area contributed by atoms with Gasteiger partial charge in [-0.25, -0.2) is 13.1 Å². The molecule has 1 amide bonds. The van der Waals surface area contributed by atoms with E-state index < -0.39 is 10.0 Å². The summed E-state index contributed by atoms with van der Waals surface area (Å²) in [6.45, 7) is 1.14. The largest absolute Gasteiger partial charge is 0.376 e. The first-order chi connectivity index (χ1) is 12.5. The van der Waals surface area contributed by atoms with Crippen molar-refractivity contribution in [3.8, 4) is 0 Å². The highest BCUT2D eigenvalue weighted by Gasteiger charge is 2.18. The van der Waals surface area contributed by atoms with Crippen LogP contribution in [0.1, 0.15) is 35.3 Å². The highest BCUT2D eigenvalue weighted by atomic mass is 32.2. The van der Waals surface area contributed by atoms with Crippen LogP contribution < -0.4 is 10.0 Å². The Balaban J connectivity index is 1.61. The molecule has 0 radical (unpaired) electrons. The van der Waals surface area contributed by atoms with Crippen LogP contribution in [0, 0.1) is 0 Å². The molecule has 1 aromatic heterocycles. The van der Waals surface area contributed by atoms with E-state index in [0.717, 1.165) is 19.3 Å². The van der Waals surface area contributed by atoms with Crippen LogP contribution >= 0.6 is 0 Å². The summed E-state index contributed by atoms with van der Waals surface area (Å²) < 4.78 is 37.4. The van der Waals surface area contributed by atoms with E-state index in [0.29, 0.717) is 18.8 Å². The highest BCUT2D eigenvalue weighted by Crippen LogP contribution is 2.14. The molecular weight excluding hydrogens is 358 g/mol. The Morgan fingerprint density at radius 1 is 1.27 bits per heavy atom. The maximum Gasteiger partial charge on any atom is 0.251 e. The van der Waals surface area contributed by atoms with E-state index in [2.05, 4.69) is 19.7 Å². The second-order valence-electron chi connectivity index (χ2n) is 6.04. The van der Waals surface area contributed by atoms with Crippen LogP contribution in [0.4, 0.5) is 0 Å². The molecule has 2 heterocycles. The van der Waals surface area contributed by atoms with E-state index >= 15 is 0 Å². The highest BCUT2D eigenvalue weighted by molar-refractivity contribution is 7.89. The van der Waals surface area contributed by atoms with Crippen LogP contribution in [-0.4, -0.2) is 38.7 Å². The van der Waals surface area contributed by atoms with E-state index in [1.54, 1.807) is 12.1 Å². The van der Waals surface area contributed by atoms with Gasteiger partial charge in [0.15, 0.2) is 0 Å². The van der Waals surface area contributed by atoms with Gasteiger partial charge in [0.05, 0.1) is 23.2 Å². The minimum Gasteiger partial charge on any atom is -0.376 e. The fraction of sp³-hybridized carbons (Fsp3) is 0.412. The molecule has 1 saturated heterocycles. The number of ether oxygens (including phenoxy) is 1. The SMILES string of the molecule is O=C(NCC1CCCCO1)c1cccc(S(=O)(=O)NCc2ccon2)c1. The zero-order valence-corrected chi connectivity index (χ0v) is 15.0. The number of carbonyl (C=O) groups is 1. The number of hydrogen-bond acceptors (Lipinski definition) is 6. The van der Waals surface area contributed by atoms with E-state index in [-0.39, 0.29) is 29.0 Å². The minimum atomic E-state index is -3.76. The average molecular weight is 379 g/mol. The molecule has 3 rings (SSSR count). The van der Waals surface area contributed by atoms with Gasteiger partial charge >= 0.3 is 0 Å². The average Bonchev–Trinajstić information content (AvgIpc) is 3.19. The molecule has 2 N–H and O–H groups in total. The van der Waals surface area contributed by atoms with E-state index in [1.165, 1.54) is 24.5 Å². The van der Waals surface area contributed by atoms with Crippen molar-refractivity contribution in [1.82, 2.24) is 15.2 Å². The van der Waals surface area contributed by atoms with Crippen molar-refractivity contribution in [3.63, 3.8) is 0 Å². The maximum atomic E-state index is 12.4. The van der Waals surface area contributed by atoms with Crippen LogP contribution in [0.3, 0.4) is 0 Å². The van der Waals surface area contributed by atoms with Crippen LogP contribution in [0.2, 0.25) is 0 Å². The Morgan fingerprint density at radius 2 is 2.15 bits per heavy atom. The molecule has 0 bridgehead atoms. The van der Waals surface area contributed by atoms with Crippen molar-refractivity contribution < 1.29 is 22.5 Å². The molecule has 0 saturated carbocycles. The molecule has 8 nitrogen and oxygen atoms in total. The van der Waals surface area contributed by atoms with Gasteiger partial charge in [-0.15, -0.1) is 0 Å². The maximum absolute atomic E-state index is 12.4.